The van der Waals surface area contributed by atoms with E-state index in [9.17, 15) is 8.42 Å². The second-order valence-electron chi connectivity index (χ2n) is 4.93. The Labute approximate surface area is 114 Å². The normalized spacial score (nSPS) is 24.7. The summed E-state index contributed by atoms with van der Waals surface area (Å²) in [6, 6.07) is 9.14. The molecule has 1 aliphatic rings. The number of sulfonamides is 1. The third kappa shape index (κ3) is 4.45. The monoisotopic (exact) mass is 280 g/mol. The summed E-state index contributed by atoms with van der Waals surface area (Å²) in [5, 5.41) is 1.21. The van der Waals surface area contributed by atoms with Gasteiger partial charge in [-0.2, -0.15) is 0 Å². The first-order valence-corrected chi connectivity index (χ1v) is 8.12. The van der Waals surface area contributed by atoms with Crippen molar-refractivity contribution in [1.82, 2.24) is 4.72 Å². The fraction of sp³-hybridized carbons (Fsp3) is 0.429. The molecular formula is C14H20N2O2S. The largest absolute Gasteiger partial charge is 0.326 e. The third-order valence-electron chi connectivity index (χ3n) is 3.37. The Bertz CT molecular complexity index is 526. The lowest BCUT2D eigenvalue weighted by atomic mass is 9.92. The molecule has 1 saturated carbocycles. The molecule has 0 saturated heterocycles. The molecule has 5 heteroatoms. The minimum Gasteiger partial charge on any atom is -0.326 e. The van der Waals surface area contributed by atoms with Gasteiger partial charge in [0.2, 0.25) is 10.0 Å². The minimum atomic E-state index is -3.42. The van der Waals surface area contributed by atoms with Crippen molar-refractivity contribution in [3.63, 3.8) is 0 Å². The number of hydrogen-bond acceptors (Lipinski definition) is 3. The van der Waals surface area contributed by atoms with Gasteiger partial charge in [-0.25, -0.2) is 13.1 Å². The zero-order chi connectivity index (χ0) is 13.7. The molecule has 2 rings (SSSR count). The molecule has 1 fully saturated rings. The van der Waals surface area contributed by atoms with Crippen LogP contribution in [0, 0.1) is 0 Å². The molecule has 0 aromatic heterocycles. The van der Waals surface area contributed by atoms with E-state index >= 15 is 0 Å². The number of nitrogens with one attached hydrogen (secondary N) is 1. The van der Waals surface area contributed by atoms with E-state index in [1.807, 2.05) is 30.3 Å². The average Bonchev–Trinajstić information content (AvgIpc) is 2.40. The van der Waals surface area contributed by atoms with Crippen molar-refractivity contribution < 1.29 is 8.42 Å². The zero-order valence-electron chi connectivity index (χ0n) is 10.8. The molecule has 1 aromatic rings. The van der Waals surface area contributed by atoms with Crippen molar-refractivity contribution in [3.05, 3.63) is 41.3 Å². The van der Waals surface area contributed by atoms with Gasteiger partial charge in [-0.05, 0) is 24.5 Å². The molecular weight excluding hydrogens is 260 g/mol. The van der Waals surface area contributed by atoms with Gasteiger partial charge < -0.3 is 5.73 Å². The predicted octanol–water partition coefficient (Wildman–Crippen LogP) is 1.85. The Morgan fingerprint density at radius 1 is 1.16 bits per heavy atom. The van der Waals surface area contributed by atoms with Crippen LogP contribution >= 0.6 is 0 Å². The van der Waals surface area contributed by atoms with Crippen LogP contribution in [0.4, 0.5) is 0 Å². The van der Waals surface area contributed by atoms with Crippen LogP contribution in [-0.4, -0.2) is 20.5 Å². The van der Waals surface area contributed by atoms with E-state index in [0.717, 1.165) is 31.2 Å². The molecule has 1 aliphatic carbocycles. The quantitative estimate of drug-likeness (QED) is 0.884. The molecule has 0 spiro atoms. The van der Waals surface area contributed by atoms with Gasteiger partial charge in [0, 0.05) is 17.5 Å². The maximum atomic E-state index is 12.0. The van der Waals surface area contributed by atoms with E-state index in [1.165, 1.54) is 5.41 Å². The molecule has 0 amide bonds. The van der Waals surface area contributed by atoms with Crippen molar-refractivity contribution in [2.45, 2.75) is 37.8 Å². The average molecular weight is 280 g/mol. The summed E-state index contributed by atoms with van der Waals surface area (Å²) in [5.41, 5.74) is 6.80. The second kappa shape index (κ2) is 6.32. The van der Waals surface area contributed by atoms with Gasteiger partial charge in [-0.3, -0.25) is 0 Å². The highest BCUT2D eigenvalue weighted by molar-refractivity contribution is 7.92. The smallest absolute Gasteiger partial charge is 0.234 e. The molecule has 0 bridgehead atoms. The van der Waals surface area contributed by atoms with E-state index in [-0.39, 0.29) is 12.1 Å². The van der Waals surface area contributed by atoms with Gasteiger partial charge >= 0.3 is 0 Å². The minimum absolute atomic E-state index is 0.0753. The van der Waals surface area contributed by atoms with E-state index in [2.05, 4.69) is 4.72 Å². The van der Waals surface area contributed by atoms with Crippen molar-refractivity contribution in [2.75, 3.05) is 0 Å². The van der Waals surface area contributed by atoms with Gasteiger partial charge in [0.05, 0.1) is 0 Å². The van der Waals surface area contributed by atoms with E-state index < -0.39 is 10.0 Å². The van der Waals surface area contributed by atoms with Crippen molar-refractivity contribution in [3.8, 4) is 0 Å². The highest BCUT2D eigenvalue weighted by Gasteiger charge is 2.24. The number of benzene rings is 1. The highest BCUT2D eigenvalue weighted by atomic mass is 32.2. The van der Waals surface area contributed by atoms with E-state index in [0.29, 0.717) is 0 Å². The van der Waals surface area contributed by atoms with Crippen molar-refractivity contribution in [2.24, 2.45) is 5.73 Å². The molecule has 3 N–H and O–H groups in total. The molecule has 0 radical (unpaired) electrons. The van der Waals surface area contributed by atoms with Crippen LogP contribution in [0.2, 0.25) is 0 Å². The molecule has 2 unspecified atom stereocenters. The molecule has 0 heterocycles. The SMILES string of the molecule is NC1CCCCC1NS(=O)(=O)/C=C/c1ccccc1. The third-order valence-corrected chi connectivity index (χ3v) is 4.50. The van der Waals surface area contributed by atoms with Crippen LogP contribution in [0.3, 0.4) is 0 Å². The summed E-state index contributed by atoms with van der Waals surface area (Å²) in [4.78, 5) is 0. The van der Waals surface area contributed by atoms with Crippen LogP contribution in [0.5, 0.6) is 0 Å². The summed E-state index contributed by atoms with van der Waals surface area (Å²) in [5.74, 6) is 0. The Kier molecular flexibility index (Phi) is 4.74. The fourth-order valence-corrected chi connectivity index (χ4v) is 3.42. The molecule has 0 aliphatic heterocycles. The topological polar surface area (TPSA) is 72.2 Å². The lowest BCUT2D eigenvalue weighted by molar-refractivity contribution is 0.362. The standard InChI is InChI=1S/C14H20N2O2S/c15-13-8-4-5-9-14(13)16-19(17,18)11-10-12-6-2-1-3-7-12/h1-3,6-7,10-11,13-14,16H,4-5,8-9,15H2/b11-10+. The van der Waals surface area contributed by atoms with Gasteiger partial charge in [-0.1, -0.05) is 43.2 Å². The van der Waals surface area contributed by atoms with Gasteiger partial charge in [0.25, 0.3) is 0 Å². The van der Waals surface area contributed by atoms with Crippen LogP contribution in [0.25, 0.3) is 6.08 Å². The number of nitrogens with two attached hydrogens (primary N) is 1. The Morgan fingerprint density at radius 2 is 1.84 bits per heavy atom. The Hall–Kier alpha value is -1.17. The Balaban J connectivity index is 2.00. The summed E-state index contributed by atoms with van der Waals surface area (Å²) >= 11 is 0. The summed E-state index contributed by atoms with van der Waals surface area (Å²) < 4.78 is 26.6. The van der Waals surface area contributed by atoms with Crippen LogP contribution in [0.1, 0.15) is 31.2 Å². The van der Waals surface area contributed by atoms with Crippen molar-refractivity contribution in [1.29, 1.82) is 0 Å². The van der Waals surface area contributed by atoms with Crippen LogP contribution in [-0.2, 0) is 10.0 Å². The maximum absolute atomic E-state index is 12.0. The summed E-state index contributed by atoms with van der Waals surface area (Å²) in [6.45, 7) is 0. The van der Waals surface area contributed by atoms with Crippen LogP contribution in [0.15, 0.2) is 35.7 Å². The molecule has 19 heavy (non-hydrogen) atoms. The summed E-state index contributed by atoms with van der Waals surface area (Å²) in [7, 11) is -3.42. The predicted molar refractivity (Wildman–Crippen MR) is 77.8 cm³/mol. The first-order chi connectivity index (χ1) is 9.07. The van der Waals surface area contributed by atoms with E-state index in [1.54, 1.807) is 6.08 Å². The fourth-order valence-electron chi connectivity index (χ4n) is 2.29. The maximum Gasteiger partial charge on any atom is 0.234 e. The lowest BCUT2D eigenvalue weighted by Gasteiger charge is -2.28. The zero-order valence-corrected chi connectivity index (χ0v) is 11.6. The van der Waals surface area contributed by atoms with Gasteiger partial charge in [0.1, 0.15) is 0 Å². The van der Waals surface area contributed by atoms with E-state index in [4.69, 9.17) is 5.73 Å². The number of rotatable bonds is 4. The molecule has 4 nitrogen and oxygen atoms in total. The first kappa shape index (κ1) is 14.2. The number of hydrogen-bond donors (Lipinski definition) is 2. The molecule has 2 atom stereocenters. The second-order valence-corrected chi connectivity index (χ2v) is 6.53. The molecule has 104 valence electrons. The van der Waals surface area contributed by atoms with Gasteiger partial charge in [-0.15, -0.1) is 0 Å². The lowest BCUT2D eigenvalue weighted by Crippen LogP contribution is -2.48. The Morgan fingerprint density at radius 3 is 2.53 bits per heavy atom. The van der Waals surface area contributed by atoms with Crippen LogP contribution < -0.4 is 10.5 Å². The van der Waals surface area contributed by atoms with Crippen molar-refractivity contribution >= 4 is 16.1 Å². The first-order valence-electron chi connectivity index (χ1n) is 6.58. The molecule has 1 aromatic carbocycles. The van der Waals surface area contributed by atoms with Gasteiger partial charge in [0.15, 0.2) is 0 Å². The summed E-state index contributed by atoms with van der Waals surface area (Å²) in [6.07, 6.45) is 5.41. The highest BCUT2D eigenvalue weighted by Crippen LogP contribution is 2.17.